The SMILES string of the molecule is O=CC1Nc2c(O)ccc([C@@H](O)CNCCc3ccc(CNCCc4ccccn4)cc3)c2S1. The number of nitrogens with zero attached hydrogens (tertiary/aromatic N) is 1. The highest BCUT2D eigenvalue weighted by molar-refractivity contribution is 8.01. The van der Waals surface area contributed by atoms with E-state index in [4.69, 9.17) is 0 Å². The molecule has 7 nitrogen and oxygen atoms in total. The van der Waals surface area contributed by atoms with Gasteiger partial charge in [-0.2, -0.15) is 0 Å². The molecule has 0 bridgehead atoms. The lowest BCUT2D eigenvalue weighted by atomic mass is 10.1. The smallest absolute Gasteiger partial charge is 0.152 e. The van der Waals surface area contributed by atoms with Crippen LogP contribution in [0.1, 0.15) is 28.5 Å². The number of fused-ring (bicyclic) bond motifs is 1. The molecule has 2 heterocycles. The van der Waals surface area contributed by atoms with Gasteiger partial charge in [-0.15, -0.1) is 0 Å². The standard InChI is InChI=1S/C26H30N4O3S/c31-17-24-30-25-22(32)9-8-21(26(25)34-24)23(33)16-28-13-10-18-4-6-19(7-5-18)15-27-14-11-20-3-1-2-12-29-20/h1-9,12,17,23-24,27-28,30,32-33H,10-11,13-16H2/t23-,24?/m0/s1. The zero-order chi connectivity index (χ0) is 23.8. The first-order valence-electron chi connectivity index (χ1n) is 11.5. The summed E-state index contributed by atoms with van der Waals surface area (Å²) in [6.45, 7) is 2.84. The van der Waals surface area contributed by atoms with Crippen molar-refractivity contribution < 1.29 is 15.0 Å². The van der Waals surface area contributed by atoms with E-state index in [-0.39, 0.29) is 5.75 Å². The second-order valence-electron chi connectivity index (χ2n) is 8.23. The van der Waals surface area contributed by atoms with Crippen molar-refractivity contribution in [2.75, 3.05) is 25.0 Å². The molecule has 178 valence electrons. The first-order valence-corrected chi connectivity index (χ1v) is 12.3. The van der Waals surface area contributed by atoms with E-state index in [0.29, 0.717) is 17.8 Å². The van der Waals surface area contributed by atoms with Crippen LogP contribution in [0.25, 0.3) is 0 Å². The van der Waals surface area contributed by atoms with Gasteiger partial charge in [0, 0.05) is 42.8 Å². The lowest BCUT2D eigenvalue weighted by Crippen LogP contribution is -2.24. The lowest BCUT2D eigenvalue weighted by Gasteiger charge is -2.16. The molecule has 34 heavy (non-hydrogen) atoms. The van der Waals surface area contributed by atoms with Crippen LogP contribution in [0.15, 0.2) is 65.7 Å². The van der Waals surface area contributed by atoms with Gasteiger partial charge in [-0.1, -0.05) is 48.2 Å². The largest absolute Gasteiger partial charge is 0.506 e. The number of phenols is 1. The molecule has 1 aliphatic heterocycles. The molecule has 3 aromatic rings. The fourth-order valence-electron chi connectivity index (χ4n) is 3.88. The van der Waals surface area contributed by atoms with E-state index >= 15 is 0 Å². The number of aliphatic hydroxyl groups excluding tert-OH is 1. The van der Waals surface area contributed by atoms with Crippen LogP contribution in [0.2, 0.25) is 0 Å². The maximum atomic E-state index is 11.1. The Morgan fingerprint density at radius 1 is 1.03 bits per heavy atom. The summed E-state index contributed by atoms with van der Waals surface area (Å²) < 4.78 is 0. The van der Waals surface area contributed by atoms with E-state index in [1.54, 1.807) is 12.1 Å². The van der Waals surface area contributed by atoms with E-state index in [1.165, 1.54) is 22.9 Å². The van der Waals surface area contributed by atoms with Crippen LogP contribution in [0.3, 0.4) is 0 Å². The number of thioether (sulfide) groups is 1. The molecule has 5 N–H and O–H groups in total. The second-order valence-corrected chi connectivity index (χ2v) is 9.38. The third-order valence-corrected chi connectivity index (χ3v) is 6.90. The molecule has 0 radical (unpaired) electrons. The Morgan fingerprint density at radius 2 is 1.82 bits per heavy atom. The monoisotopic (exact) mass is 478 g/mol. The molecule has 8 heteroatoms. The summed E-state index contributed by atoms with van der Waals surface area (Å²) in [5.74, 6) is 0.0857. The van der Waals surface area contributed by atoms with Crippen molar-refractivity contribution in [3.05, 3.63) is 83.2 Å². The van der Waals surface area contributed by atoms with Crippen LogP contribution in [-0.4, -0.2) is 46.5 Å². The van der Waals surface area contributed by atoms with Crippen molar-refractivity contribution in [1.29, 1.82) is 0 Å². The predicted octanol–water partition coefficient (Wildman–Crippen LogP) is 3.03. The third-order valence-electron chi connectivity index (χ3n) is 5.74. The van der Waals surface area contributed by atoms with Crippen molar-refractivity contribution >= 4 is 23.7 Å². The third kappa shape index (κ3) is 6.36. The van der Waals surface area contributed by atoms with Gasteiger partial charge in [0.15, 0.2) is 6.29 Å². The van der Waals surface area contributed by atoms with E-state index < -0.39 is 11.5 Å². The summed E-state index contributed by atoms with van der Waals surface area (Å²) in [5.41, 5.74) is 4.80. The van der Waals surface area contributed by atoms with Gasteiger partial charge in [0.1, 0.15) is 11.1 Å². The Hall–Kier alpha value is -2.91. The highest BCUT2D eigenvalue weighted by atomic mass is 32.2. The lowest BCUT2D eigenvalue weighted by molar-refractivity contribution is -0.107. The number of rotatable bonds is 12. The number of carbonyl (C=O) groups is 1. The summed E-state index contributed by atoms with van der Waals surface area (Å²) in [5, 5.41) is 30.0. The molecule has 2 atom stereocenters. The summed E-state index contributed by atoms with van der Waals surface area (Å²) in [6.07, 6.45) is 3.66. The fraction of sp³-hybridized carbons (Fsp3) is 0.308. The van der Waals surface area contributed by atoms with Crippen molar-refractivity contribution in [3.63, 3.8) is 0 Å². The molecule has 0 saturated carbocycles. The Bertz CT molecular complexity index is 1080. The topological polar surface area (TPSA) is 107 Å². The minimum Gasteiger partial charge on any atom is -0.506 e. The minimum absolute atomic E-state index is 0.0857. The zero-order valence-electron chi connectivity index (χ0n) is 18.9. The number of aromatic hydroxyl groups is 1. The first-order chi connectivity index (χ1) is 16.6. The molecule has 1 unspecified atom stereocenters. The van der Waals surface area contributed by atoms with Gasteiger partial charge in [-0.25, -0.2) is 0 Å². The van der Waals surface area contributed by atoms with Crippen LogP contribution >= 0.6 is 11.8 Å². The Morgan fingerprint density at radius 3 is 2.59 bits per heavy atom. The van der Waals surface area contributed by atoms with Crippen LogP contribution < -0.4 is 16.0 Å². The van der Waals surface area contributed by atoms with Crippen LogP contribution in [0.4, 0.5) is 5.69 Å². The normalized spacial score (nSPS) is 15.5. The quantitative estimate of drug-likeness (QED) is 0.154. The van der Waals surface area contributed by atoms with Gasteiger partial charge in [-0.3, -0.25) is 4.98 Å². The Balaban J connectivity index is 1.17. The number of hydrogen-bond acceptors (Lipinski definition) is 8. The number of aldehydes is 1. The van der Waals surface area contributed by atoms with Gasteiger partial charge >= 0.3 is 0 Å². The minimum atomic E-state index is -0.728. The molecule has 0 spiro atoms. The predicted molar refractivity (Wildman–Crippen MR) is 135 cm³/mol. The number of benzene rings is 2. The van der Waals surface area contributed by atoms with E-state index in [1.807, 2.05) is 24.4 Å². The van der Waals surface area contributed by atoms with Gasteiger partial charge in [0.05, 0.1) is 11.8 Å². The molecule has 4 rings (SSSR count). The molecule has 1 aliphatic rings. The molecular formula is C26H30N4O3S. The number of aliphatic hydroxyl groups is 1. The van der Waals surface area contributed by atoms with Crippen molar-refractivity contribution in [1.82, 2.24) is 15.6 Å². The molecular weight excluding hydrogens is 448 g/mol. The first kappa shape index (κ1) is 24.2. The number of aromatic nitrogens is 1. The van der Waals surface area contributed by atoms with Crippen LogP contribution in [0.5, 0.6) is 5.75 Å². The van der Waals surface area contributed by atoms with Gasteiger partial charge in [0.2, 0.25) is 0 Å². The summed E-state index contributed by atoms with van der Waals surface area (Å²) in [7, 11) is 0. The van der Waals surface area contributed by atoms with E-state index in [2.05, 4.69) is 45.2 Å². The van der Waals surface area contributed by atoms with Crippen LogP contribution in [0, 0.1) is 0 Å². The molecule has 2 aromatic carbocycles. The Kier molecular flexibility index (Phi) is 8.54. The second kappa shape index (κ2) is 12.0. The number of nitrogens with one attached hydrogen (secondary N) is 3. The fourth-order valence-corrected chi connectivity index (χ4v) is 4.99. The molecule has 0 saturated heterocycles. The van der Waals surface area contributed by atoms with E-state index in [9.17, 15) is 15.0 Å². The van der Waals surface area contributed by atoms with Crippen molar-refractivity contribution in [2.24, 2.45) is 0 Å². The van der Waals surface area contributed by atoms with Crippen molar-refractivity contribution in [2.45, 2.75) is 35.8 Å². The molecule has 0 amide bonds. The average molecular weight is 479 g/mol. The van der Waals surface area contributed by atoms with Crippen LogP contribution in [-0.2, 0) is 24.2 Å². The average Bonchev–Trinajstić information content (AvgIpc) is 3.31. The van der Waals surface area contributed by atoms with Gasteiger partial charge in [0.25, 0.3) is 0 Å². The van der Waals surface area contributed by atoms with E-state index in [0.717, 1.165) is 49.4 Å². The highest BCUT2D eigenvalue weighted by Gasteiger charge is 2.28. The van der Waals surface area contributed by atoms with Gasteiger partial charge < -0.3 is 31.0 Å². The molecule has 1 aromatic heterocycles. The number of anilines is 1. The number of hydrogen-bond donors (Lipinski definition) is 5. The summed E-state index contributed by atoms with van der Waals surface area (Å²) in [4.78, 5) is 16.2. The zero-order valence-corrected chi connectivity index (χ0v) is 19.7. The number of carbonyl (C=O) groups excluding carboxylic acids is 1. The molecule has 0 aliphatic carbocycles. The Labute approximate surface area is 204 Å². The summed E-state index contributed by atoms with van der Waals surface area (Å²) in [6, 6.07) is 17.8. The highest BCUT2D eigenvalue weighted by Crippen LogP contribution is 2.46. The summed E-state index contributed by atoms with van der Waals surface area (Å²) >= 11 is 1.31. The maximum Gasteiger partial charge on any atom is 0.152 e. The van der Waals surface area contributed by atoms with Gasteiger partial charge in [-0.05, 0) is 47.9 Å². The number of pyridine rings is 1. The molecule has 0 fully saturated rings. The number of phenolic OH excluding ortho intramolecular Hbond substituents is 1. The maximum absolute atomic E-state index is 11.1. The van der Waals surface area contributed by atoms with Crippen molar-refractivity contribution in [3.8, 4) is 5.75 Å².